The zero-order valence-electron chi connectivity index (χ0n) is 14.7. The van der Waals surface area contributed by atoms with Crippen LogP contribution in [0.3, 0.4) is 0 Å². The van der Waals surface area contributed by atoms with E-state index in [0.29, 0.717) is 11.3 Å². The van der Waals surface area contributed by atoms with E-state index in [1.807, 2.05) is 48.5 Å². The highest BCUT2D eigenvalue weighted by Gasteiger charge is 2.18. The van der Waals surface area contributed by atoms with Gasteiger partial charge in [-0.1, -0.05) is 36.4 Å². The summed E-state index contributed by atoms with van der Waals surface area (Å²) in [5.74, 6) is -0.277. The fourth-order valence-corrected chi connectivity index (χ4v) is 3.20. The van der Waals surface area contributed by atoms with Crippen LogP contribution in [0.4, 0.5) is 5.69 Å². The van der Waals surface area contributed by atoms with Crippen molar-refractivity contribution >= 4 is 21.6 Å². The Bertz CT molecular complexity index is 966. The summed E-state index contributed by atoms with van der Waals surface area (Å²) in [6.07, 6.45) is 2.76. The van der Waals surface area contributed by atoms with E-state index in [2.05, 4.69) is 15.0 Å². The second kappa shape index (κ2) is 8.01. The van der Waals surface area contributed by atoms with Crippen molar-refractivity contribution in [2.24, 2.45) is 0 Å². The van der Waals surface area contributed by atoms with Gasteiger partial charge in [0.2, 0.25) is 10.0 Å². The largest absolute Gasteiger partial charge is 0.340 e. The molecule has 1 atom stereocenters. The normalized spacial score (nSPS) is 12.2. The van der Waals surface area contributed by atoms with Crippen molar-refractivity contribution in [1.82, 2.24) is 10.3 Å². The summed E-state index contributed by atoms with van der Waals surface area (Å²) < 4.78 is 24.9. The standard InChI is InChI=1S/C20H19N3O3S/c1-27(25,26)23-17-12-10-16(11-13-17)20(24)22-19(15-7-3-2-4-8-15)18-9-5-6-14-21-18/h2-14,19,23H,1H3,(H,22,24). The predicted octanol–water partition coefficient (Wildman–Crippen LogP) is 2.97. The van der Waals surface area contributed by atoms with E-state index >= 15 is 0 Å². The molecule has 2 aromatic carbocycles. The number of nitrogens with one attached hydrogen (secondary N) is 2. The maximum Gasteiger partial charge on any atom is 0.252 e. The first-order chi connectivity index (χ1) is 12.9. The molecule has 138 valence electrons. The molecule has 3 rings (SSSR count). The summed E-state index contributed by atoms with van der Waals surface area (Å²) in [5, 5.41) is 2.99. The second-order valence-electron chi connectivity index (χ2n) is 6.02. The van der Waals surface area contributed by atoms with E-state index in [1.165, 1.54) is 0 Å². The number of amides is 1. The molecule has 1 unspecified atom stereocenters. The first kappa shape index (κ1) is 18.6. The number of hydrogen-bond acceptors (Lipinski definition) is 4. The molecule has 1 heterocycles. The van der Waals surface area contributed by atoms with Crippen molar-refractivity contribution in [3.63, 3.8) is 0 Å². The Kier molecular flexibility index (Phi) is 5.52. The third-order valence-corrected chi connectivity index (χ3v) is 4.45. The van der Waals surface area contributed by atoms with Crippen LogP contribution in [-0.2, 0) is 10.0 Å². The van der Waals surface area contributed by atoms with Gasteiger partial charge < -0.3 is 5.32 Å². The maximum absolute atomic E-state index is 12.7. The van der Waals surface area contributed by atoms with Gasteiger partial charge in [-0.15, -0.1) is 0 Å². The molecule has 0 saturated heterocycles. The minimum Gasteiger partial charge on any atom is -0.340 e. The van der Waals surface area contributed by atoms with Crippen LogP contribution in [0.25, 0.3) is 0 Å². The van der Waals surface area contributed by atoms with Gasteiger partial charge in [-0.2, -0.15) is 0 Å². The first-order valence-corrected chi connectivity index (χ1v) is 10.2. The molecule has 0 aliphatic rings. The topological polar surface area (TPSA) is 88.2 Å². The lowest BCUT2D eigenvalue weighted by atomic mass is 10.0. The molecular formula is C20H19N3O3S. The van der Waals surface area contributed by atoms with Crippen molar-refractivity contribution in [2.45, 2.75) is 6.04 Å². The lowest BCUT2D eigenvalue weighted by Gasteiger charge is -2.19. The highest BCUT2D eigenvalue weighted by atomic mass is 32.2. The van der Waals surface area contributed by atoms with Crippen LogP contribution in [0.2, 0.25) is 0 Å². The van der Waals surface area contributed by atoms with Crippen molar-refractivity contribution in [1.29, 1.82) is 0 Å². The number of hydrogen-bond donors (Lipinski definition) is 2. The van der Waals surface area contributed by atoms with Crippen molar-refractivity contribution in [3.05, 3.63) is 95.8 Å². The second-order valence-corrected chi connectivity index (χ2v) is 7.77. The molecular weight excluding hydrogens is 362 g/mol. The van der Waals surface area contributed by atoms with Crippen molar-refractivity contribution in [2.75, 3.05) is 11.0 Å². The average molecular weight is 381 g/mol. The predicted molar refractivity (Wildman–Crippen MR) is 105 cm³/mol. The van der Waals surface area contributed by atoms with Gasteiger partial charge in [0.05, 0.1) is 18.0 Å². The number of nitrogens with zero attached hydrogens (tertiary/aromatic N) is 1. The number of sulfonamides is 1. The number of carbonyl (C=O) groups excluding carboxylic acids is 1. The third-order valence-electron chi connectivity index (χ3n) is 3.84. The van der Waals surface area contributed by atoms with Crippen molar-refractivity contribution in [3.8, 4) is 0 Å². The zero-order valence-corrected chi connectivity index (χ0v) is 15.5. The Balaban J connectivity index is 1.83. The fourth-order valence-electron chi connectivity index (χ4n) is 2.64. The Labute approximate surface area is 158 Å². The van der Waals surface area contributed by atoms with Gasteiger partial charge in [-0.05, 0) is 42.0 Å². The van der Waals surface area contributed by atoms with Gasteiger partial charge in [0.25, 0.3) is 5.91 Å². The monoisotopic (exact) mass is 381 g/mol. The van der Waals surface area contributed by atoms with Gasteiger partial charge in [-0.25, -0.2) is 8.42 Å². The van der Waals surface area contributed by atoms with E-state index < -0.39 is 16.1 Å². The minimum atomic E-state index is -3.36. The smallest absolute Gasteiger partial charge is 0.252 e. The Hall–Kier alpha value is -3.19. The van der Waals surface area contributed by atoms with Gasteiger partial charge in [0.15, 0.2) is 0 Å². The van der Waals surface area contributed by atoms with Crippen LogP contribution in [-0.4, -0.2) is 25.6 Å². The third kappa shape index (κ3) is 5.15. The summed E-state index contributed by atoms with van der Waals surface area (Å²) in [7, 11) is -3.36. The van der Waals surface area contributed by atoms with Crippen LogP contribution >= 0.6 is 0 Å². The average Bonchev–Trinajstić information content (AvgIpc) is 2.66. The Morgan fingerprint density at radius 3 is 2.19 bits per heavy atom. The van der Waals surface area contributed by atoms with Gasteiger partial charge >= 0.3 is 0 Å². The molecule has 1 aromatic heterocycles. The number of benzene rings is 2. The Morgan fingerprint density at radius 1 is 0.926 bits per heavy atom. The van der Waals surface area contributed by atoms with E-state index in [4.69, 9.17) is 0 Å². The summed E-state index contributed by atoms with van der Waals surface area (Å²) in [4.78, 5) is 17.1. The summed E-state index contributed by atoms with van der Waals surface area (Å²) in [6, 6.07) is 21.0. The molecule has 0 fully saturated rings. The fraction of sp³-hybridized carbons (Fsp3) is 0.100. The summed E-state index contributed by atoms with van der Waals surface area (Å²) in [6.45, 7) is 0. The number of pyridine rings is 1. The van der Waals surface area contributed by atoms with Gasteiger partial charge in [0, 0.05) is 17.4 Å². The molecule has 0 saturated carbocycles. The molecule has 1 amide bonds. The molecule has 0 radical (unpaired) electrons. The van der Waals surface area contributed by atoms with E-state index in [0.717, 1.165) is 17.5 Å². The minimum absolute atomic E-state index is 0.277. The molecule has 0 aliphatic carbocycles. The molecule has 27 heavy (non-hydrogen) atoms. The van der Waals surface area contributed by atoms with Crippen LogP contribution < -0.4 is 10.0 Å². The Morgan fingerprint density at radius 2 is 1.59 bits per heavy atom. The zero-order chi connectivity index (χ0) is 19.3. The number of carbonyl (C=O) groups is 1. The molecule has 6 nitrogen and oxygen atoms in total. The van der Waals surface area contributed by atoms with Crippen LogP contribution in [0.5, 0.6) is 0 Å². The lowest BCUT2D eigenvalue weighted by molar-refractivity contribution is 0.0942. The highest BCUT2D eigenvalue weighted by Crippen LogP contribution is 2.21. The molecule has 3 aromatic rings. The molecule has 0 aliphatic heterocycles. The molecule has 2 N–H and O–H groups in total. The highest BCUT2D eigenvalue weighted by molar-refractivity contribution is 7.92. The van der Waals surface area contributed by atoms with Crippen LogP contribution in [0, 0.1) is 0 Å². The number of aromatic nitrogens is 1. The summed E-state index contributed by atoms with van der Waals surface area (Å²) in [5.41, 5.74) is 2.47. The quantitative estimate of drug-likeness (QED) is 0.687. The first-order valence-electron chi connectivity index (χ1n) is 8.27. The SMILES string of the molecule is CS(=O)(=O)Nc1ccc(C(=O)NC(c2ccccc2)c2ccccn2)cc1. The molecule has 7 heteroatoms. The molecule has 0 bridgehead atoms. The lowest BCUT2D eigenvalue weighted by Crippen LogP contribution is -2.29. The van der Waals surface area contributed by atoms with E-state index in [1.54, 1.807) is 30.5 Å². The van der Waals surface area contributed by atoms with Gasteiger partial charge in [-0.3, -0.25) is 14.5 Å². The maximum atomic E-state index is 12.7. The number of rotatable bonds is 6. The van der Waals surface area contributed by atoms with Crippen molar-refractivity contribution < 1.29 is 13.2 Å². The summed E-state index contributed by atoms with van der Waals surface area (Å²) >= 11 is 0. The van der Waals surface area contributed by atoms with Crippen LogP contribution in [0.15, 0.2) is 79.0 Å². The molecule has 0 spiro atoms. The van der Waals surface area contributed by atoms with Crippen LogP contribution in [0.1, 0.15) is 27.7 Å². The van der Waals surface area contributed by atoms with E-state index in [9.17, 15) is 13.2 Å². The van der Waals surface area contributed by atoms with Gasteiger partial charge in [0.1, 0.15) is 0 Å². The number of anilines is 1. The van der Waals surface area contributed by atoms with E-state index in [-0.39, 0.29) is 5.91 Å².